The topological polar surface area (TPSA) is 528 Å². The first-order chi connectivity index (χ1) is 68.4. The number of amides is 9. The summed E-state index contributed by atoms with van der Waals surface area (Å²) in [6.07, 6.45) is 9.45. The smallest absolute Gasteiger partial charge is 0.410 e. The molecule has 7 aromatic rings. The third-order valence-electron chi connectivity index (χ3n) is 25.1. The van der Waals surface area contributed by atoms with E-state index in [0.717, 1.165) is 76.2 Å². The highest BCUT2D eigenvalue weighted by molar-refractivity contribution is 7.85. The number of thiazole rings is 1. The van der Waals surface area contributed by atoms with Crippen LogP contribution in [0.3, 0.4) is 0 Å². The fourth-order valence-electron chi connectivity index (χ4n) is 19.7. The van der Waals surface area contributed by atoms with Crippen molar-refractivity contribution in [1.82, 2.24) is 60.5 Å². The average Bonchev–Trinajstić information content (AvgIpc) is 0.968. The molecule has 142 heavy (non-hydrogen) atoms. The number of para-hydroxylation sites is 1. The van der Waals surface area contributed by atoms with Gasteiger partial charge in [0.25, 0.3) is 27.8 Å². The zero-order chi connectivity index (χ0) is 101. The van der Waals surface area contributed by atoms with Gasteiger partial charge in [0.15, 0.2) is 10.8 Å². The van der Waals surface area contributed by atoms with Crippen molar-refractivity contribution in [1.29, 1.82) is 0 Å². The molecule has 6 heterocycles. The number of rotatable bonds is 66. The number of methoxy groups -OCH3 is 1. The summed E-state index contributed by atoms with van der Waals surface area (Å²) in [4.78, 5) is 135. The number of urea groups is 1. The van der Waals surface area contributed by atoms with Gasteiger partial charge in [0.1, 0.15) is 30.2 Å². The molecule has 2 unspecified atom stereocenters. The van der Waals surface area contributed by atoms with Crippen LogP contribution in [-0.4, -0.2) is 331 Å². The van der Waals surface area contributed by atoms with Gasteiger partial charge in [-0.1, -0.05) is 80.6 Å². The quantitative estimate of drug-likeness (QED) is 0.0104. The zero-order valence-corrected chi connectivity index (χ0v) is 83.1. The number of benzene rings is 3. The number of aromatic carboxylic acids is 1. The lowest BCUT2D eigenvalue weighted by Crippen LogP contribution is -2.64. The predicted molar refractivity (Wildman–Crippen MR) is 519 cm³/mol. The second kappa shape index (κ2) is 54.1. The number of nitrogens with zero attached hydrogens (tertiary/aromatic N) is 10. The van der Waals surface area contributed by atoms with Crippen molar-refractivity contribution < 1.29 is 128 Å². The van der Waals surface area contributed by atoms with E-state index in [4.69, 9.17) is 82.1 Å². The van der Waals surface area contributed by atoms with E-state index in [9.17, 15) is 61.2 Å². The number of ether oxygens (including phenoxy) is 14. The van der Waals surface area contributed by atoms with E-state index in [1.165, 1.54) is 39.2 Å². The fourth-order valence-corrected chi connectivity index (χ4v) is 21.0. The molecule has 4 bridgehead atoms. The molecular formula is C97H134N16O27S2. The minimum atomic E-state index is -4.56. The maximum Gasteiger partial charge on any atom is 0.410 e. The normalized spacial score (nSPS) is 18.7. The highest BCUT2D eigenvalue weighted by atomic mass is 32.2. The van der Waals surface area contributed by atoms with Gasteiger partial charge in [-0.25, -0.2) is 29.0 Å². The van der Waals surface area contributed by atoms with Crippen LogP contribution in [0.25, 0.3) is 21.3 Å². The highest BCUT2D eigenvalue weighted by Gasteiger charge is 2.66. The lowest BCUT2D eigenvalue weighted by atomic mass is 9.39. The van der Waals surface area contributed by atoms with Crippen LogP contribution in [-0.2, 0) is 133 Å². The summed E-state index contributed by atoms with van der Waals surface area (Å²) in [5, 5.41) is 38.3. The Balaban J connectivity index is 0.557. The van der Waals surface area contributed by atoms with Gasteiger partial charge < -0.3 is 108 Å². The van der Waals surface area contributed by atoms with Crippen LogP contribution in [0.2, 0.25) is 0 Å². The Morgan fingerprint density at radius 2 is 1.24 bits per heavy atom. The van der Waals surface area contributed by atoms with Crippen molar-refractivity contribution in [2.24, 2.45) is 27.9 Å². The van der Waals surface area contributed by atoms with Crippen molar-refractivity contribution in [3.63, 3.8) is 0 Å². The molecule has 0 saturated heterocycles. The van der Waals surface area contributed by atoms with Crippen molar-refractivity contribution >= 4 is 102 Å². The highest BCUT2D eigenvalue weighted by Crippen LogP contribution is 2.72. The first-order valence-electron chi connectivity index (χ1n) is 48.0. The van der Waals surface area contributed by atoms with Gasteiger partial charge in [-0.2, -0.15) is 13.5 Å². The summed E-state index contributed by atoms with van der Waals surface area (Å²) >= 11 is 1.39. The number of carbonyl (C=O) groups excluding carboxylic acids is 8. The van der Waals surface area contributed by atoms with Crippen molar-refractivity contribution in [3.8, 4) is 11.1 Å². The predicted octanol–water partition coefficient (Wildman–Crippen LogP) is 7.53. The number of anilines is 3. The van der Waals surface area contributed by atoms with Gasteiger partial charge in [0.2, 0.25) is 17.7 Å². The molecule has 0 spiro atoms. The zero-order valence-electron chi connectivity index (χ0n) is 81.5. The monoisotopic (exact) mass is 2020 g/mol. The number of nitrogens with one attached hydrogen (secondary N) is 5. The number of pyridine rings is 1. The van der Waals surface area contributed by atoms with Gasteiger partial charge in [-0.3, -0.25) is 48.2 Å². The maximum absolute atomic E-state index is 14.4. The maximum atomic E-state index is 14.4. The number of imide groups is 1. The number of carboxylic acids is 1. The lowest BCUT2D eigenvalue weighted by molar-refractivity contribution is -0.248. The summed E-state index contributed by atoms with van der Waals surface area (Å²) in [5.41, 5.74) is 9.68. The second-order valence-corrected chi connectivity index (χ2v) is 39.6. The molecule has 0 radical (unpaired) electrons. The van der Waals surface area contributed by atoms with Crippen molar-refractivity contribution in [3.05, 3.63) is 143 Å². The largest absolute Gasteiger partial charge is 0.476 e. The van der Waals surface area contributed by atoms with Crippen LogP contribution < -0.4 is 37.2 Å². The van der Waals surface area contributed by atoms with E-state index in [2.05, 4.69) is 55.7 Å². The molecule has 43 nitrogen and oxygen atoms in total. The first kappa shape index (κ1) is 110. The van der Waals surface area contributed by atoms with Gasteiger partial charge in [-0.15, -0.1) is 5.10 Å². The minimum Gasteiger partial charge on any atom is -0.476 e. The Bertz CT molecular complexity index is 5420. The Labute approximate surface area is 829 Å². The molecule has 9 N–H and O–H groups in total. The Hall–Kier alpha value is -11.0. The second-order valence-electron chi connectivity index (χ2n) is 37.0. The van der Waals surface area contributed by atoms with Crippen molar-refractivity contribution in [2.45, 2.75) is 149 Å². The first-order valence-corrected chi connectivity index (χ1v) is 50.4. The third kappa shape index (κ3) is 33.3. The molecule has 45 heteroatoms. The molecule has 6 aliphatic rings. The Morgan fingerprint density at radius 1 is 0.648 bits per heavy atom. The average molecular weight is 2020 g/mol. The standard InChI is InChI=1S/C97H134N16O27S2/c1-67(2)85(105-82(114)55-79(113-83(115)22-23-84(113)116)78-58-111(108-107-78)28-30-128-34-35-130-38-39-132-42-43-134-46-47-136-50-51-138-53-52-137-49-48-135-45-44-133-41-40-131-37-36-129-33-32-127-6)89(119)102-77(14-10-25-99-91(98)122)88(118)101-71-18-16-69(17-19-71)59-139-93(123)109(29-54-142(124,125)126)27-31-140-97-63-94(4)60-95(5,64-97)62-96(61-94,65-97)66-112-68(3)74(56-100-112)72-20-21-81(104-86(72)90(120)121)110-26-24-70-11-9-12-73(75(70)57-110)87(117)106-92-103-76-13-7-8-15-80(76)141-92/h7-9,11-13,15-23,56,58,67,77,79,85H,10,14,24-55,57,59-66H2,1-6H3,(H,101,118)(H,102,119)(H,105,114)(H,120,121)(H3,98,99,122)(H,103,106,117)(H,124,125,126)/t77-,79+,85-,94?,95?,96?,97?/m0/s1. The minimum absolute atomic E-state index is 0.00259. The van der Waals surface area contributed by atoms with Crippen LogP contribution in [0.1, 0.15) is 140 Å². The summed E-state index contributed by atoms with van der Waals surface area (Å²) in [5.74, 6) is -6.02. The number of hydrogen-bond acceptors (Lipinski definition) is 32. The number of fused-ring (bicyclic) bond motifs is 2. The summed E-state index contributed by atoms with van der Waals surface area (Å²) in [6.45, 7) is 20.2. The molecule has 2 aliphatic heterocycles. The van der Waals surface area contributed by atoms with E-state index in [-0.39, 0.29) is 105 Å². The van der Waals surface area contributed by atoms with E-state index in [1.807, 2.05) is 59.0 Å². The van der Waals surface area contributed by atoms with Crippen LogP contribution in [0.4, 0.5) is 26.2 Å². The summed E-state index contributed by atoms with van der Waals surface area (Å²) in [6, 6.07) is 18.5. The Morgan fingerprint density at radius 3 is 1.81 bits per heavy atom. The molecular weight excluding hydrogens is 1890 g/mol. The number of nitrogens with two attached hydrogens (primary N) is 1. The number of hydrogen-bond donors (Lipinski definition) is 8. The SMILES string of the molecule is COCCOCCOCCOCCOCCOCCOCCOCCOCCOCCOCCOCCn1cc([C@@H](CC(=O)N[C@H](C(=O)N[C@@H](CCCNC(N)=O)C(=O)Nc2ccc(COC(=O)N(CCOC34CC5(C)CC(C)(CC(Cn6ncc(-c7ccc(N8CCc9cccc(C(=O)Nc%10nc%11ccccc%11s%10)c9C8)nc7C(=O)O)c6C)(C5)C3)C4)CCS(=O)(=O)O)cc2)C(C)C)N2C(=O)C=CC2=O)nn1. The molecule has 4 fully saturated rings. The molecule has 4 aliphatic carbocycles. The van der Waals surface area contributed by atoms with E-state index < -0.39 is 106 Å². The Kier molecular flexibility index (Phi) is 41.8. The fraction of sp³-hybridized carbons (Fsp3) is 0.588. The van der Waals surface area contributed by atoms with E-state index >= 15 is 0 Å². The number of primary amides is 1. The molecule has 13 rings (SSSR count). The summed E-state index contributed by atoms with van der Waals surface area (Å²) < 4.78 is 117. The van der Waals surface area contributed by atoms with Crippen LogP contribution in [0.5, 0.6) is 0 Å². The van der Waals surface area contributed by atoms with Crippen molar-refractivity contribution in [2.75, 3.05) is 213 Å². The van der Waals surface area contributed by atoms with Crippen LogP contribution in [0.15, 0.2) is 103 Å². The molecule has 9 amide bonds. The van der Waals surface area contributed by atoms with Gasteiger partial charge in [0.05, 0.1) is 212 Å². The third-order valence-corrected chi connectivity index (χ3v) is 26.8. The van der Waals surface area contributed by atoms with E-state index in [0.29, 0.717) is 198 Å². The van der Waals surface area contributed by atoms with Gasteiger partial charge in [0, 0.05) is 86.6 Å². The number of aromatic nitrogens is 7. The van der Waals surface area contributed by atoms with E-state index in [1.54, 1.807) is 51.4 Å². The van der Waals surface area contributed by atoms with Crippen LogP contribution in [0, 0.1) is 29.1 Å². The number of carbonyl (C=O) groups is 9. The number of carboxylic acid groups (broad SMARTS) is 1. The molecule has 5 atom stereocenters. The molecule has 4 aromatic heterocycles. The van der Waals surface area contributed by atoms with Gasteiger partial charge >= 0.3 is 18.1 Å². The summed E-state index contributed by atoms with van der Waals surface area (Å²) in [7, 11) is -2.93. The van der Waals surface area contributed by atoms with Crippen LogP contribution >= 0.6 is 11.3 Å². The lowest BCUT2D eigenvalue weighted by Gasteiger charge is -2.69. The van der Waals surface area contributed by atoms with Gasteiger partial charge in [-0.05, 0) is 146 Å². The molecule has 776 valence electrons. The molecule has 3 aromatic carbocycles. The molecule has 4 saturated carbocycles.